The maximum atomic E-state index is 12.5. The second-order valence-electron chi connectivity index (χ2n) is 10.9. The molecule has 2 aromatic rings. The van der Waals surface area contributed by atoms with E-state index in [2.05, 4.69) is 34.1 Å². The fourth-order valence-corrected chi connectivity index (χ4v) is 6.97. The largest absolute Gasteiger partial charge is 0.508 e. The SMILES string of the molecule is Cc1cnn(CCN2CC[C@]34CCN(CC5CC5)[C@H](Cc5ccc(O)cc53)[C@]4(O)CC2)c1.Cl. The third-order valence-electron chi connectivity index (χ3n) is 8.93. The number of phenols is 1. The van der Waals surface area contributed by atoms with Crippen LogP contribution in [0.3, 0.4) is 0 Å². The number of aryl methyl sites for hydroxylation is 1. The molecule has 6 rings (SSSR count). The number of hydrogen-bond donors (Lipinski definition) is 2. The van der Waals surface area contributed by atoms with Crippen molar-refractivity contribution >= 4 is 12.4 Å². The van der Waals surface area contributed by atoms with Crippen LogP contribution in [0.1, 0.15) is 48.8 Å². The highest BCUT2D eigenvalue weighted by Crippen LogP contribution is 2.56. The highest BCUT2D eigenvalue weighted by Gasteiger charge is 2.63. The van der Waals surface area contributed by atoms with Crippen LogP contribution in [0.2, 0.25) is 0 Å². The number of rotatable bonds is 5. The van der Waals surface area contributed by atoms with E-state index >= 15 is 0 Å². The van der Waals surface area contributed by atoms with Crippen LogP contribution >= 0.6 is 12.4 Å². The lowest BCUT2D eigenvalue weighted by Gasteiger charge is -2.61. The molecule has 0 unspecified atom stereocenters. The monoisotopic (exact) mass is 472 g/mol. The Morgan fingerprint density at radius 1 is 1.09 bits per heavy atom. The first kappa shape index (κ1) is 23.2. The summed E-state index contributed by atoms with van der Waals surface area (Å²) in [6.07, 6.45) is 10.3. The van der Waals surface area contributed by atoms with Crippen LogP contribution in [0.15, 0.2) is 30.6 Å². The summed E-state index contributed by atoms with van der Waals surface area (Å²) < 4.78 is 2.03. The van der Waals surface area contributed by atoms with Crippen molar-refractivity contribution in [3.05, 3.63) is 47.3 Å². The lowest BCUT2D eigenvalue weighted by Crippen LogP contribution is -2.71. The van der Waals surface area contributed by atoms with Gasteiger partial charge in [-0.2, -0.15) is 5.10 Å². The standard InChI is InChI=1S/C26H36N4O2.ClH/c1-19-16-27-30(17-19)13-12-28-9-6-25-7-11-29(18-20-2-3-20)24(26(25,32)8-10-28)14-21-4-5-22(31)15-23(21)25;/h4-5,15-17,20,24,31-32H,2-3,6-14,18H2,1H3;1H/t24-,25+,26-;/m1./s1. The average Bonchev–Trinajstić information content (AvgIpc) is 3.52. The van der Waals surface area contributed by atoms with Gasteiger partial charge >= 0.3 is 0 Å². The molecule has 180 valence electrons. The Morgan fingerprint density at radius 3 is 2.64 bits per heavy atom. The van der Waals surface area contributed by atoms with Crippen molar-refractivity contribution < 1.29 is 10.2 Å². The Balaban J connectivity index is 0.00000228. The first-order valence-electron chi connectivity index (χ1n) is 12.5. The number of nitrogens with zero attached hydrogens (tertiary/aromatic N) is 4. The maximum absolute atomic E-state index is 12.5. The van der Waals surface area contributed by atoms with E-state index in [4.69, 9.17) is 0 Å². The number of phenolic OH excluding ortho intramolecular Hbond substituents is 1. The molecule has 3 atom stereocenters. The molecule has 1 aromatic carbocycles. The number of aromatic hydroxyl groups is 1. The summed E-state index contributed by atoms with van der Waals surface area (Å²) in [6.45, 7) is 8.01. The molecule has 2 aliphatic heterocycles. The van der Waals surface area contributed by atoms with Crippen molar-refractivity contribution in [2.24, 2.45) is 5.92 Å². The smallest absolute Gasteiger partial charge is 0.115 e. The summed E-state index contributed by atoms with van der Waals surface area (Å²) in [5.74, 6) is 1.15. The van der Waals surface area contributed by atoms with E-state index in [9.17, 15) is 10.2 Å². The molecule has 1 aromatic heterocycles. The van der Waals surface area contributed by atoms with Crippen LogP contribution in [0.25, 0.3) is 0 Å². The quantitative estimate of drug-likeness (QED) is 0.700. The summed E-state index contributed by atoms with van der Waals surface area (Å²) in [5.41, 5.74) is 2.74. The number of likely N-dealkylation sites (tertiary alicyclic amines) is 2. The molecule has 7 heteroatoms. The van der Waals surface area contributed by atoms with Crippen LogP contribution in [0, 0.1) is 12.8 Å². The predicted molar refractivity (Wildman–Crippen MR) is 131 cm³/mol. The lowest BCUT2D eigenvalue weighted by molar-refractivity contribution is -0.149. The minimum Gasteiger partial charge on any atom is -0.508 e. The van der Waals surface area contributed by atoms with Gasteiger partial charge in [-0.3, -0.25) is 9.58 Å². The molecule has 1 saturated carbocycles. The van der Waals surface area contributed by atoms with Gasteiger partial charge in [-0.25, -0.2) is 0 Å². The Bertz CT molecular complexity index is 1010. The molecular formula is C26H37ClN4O2. The van der Waals surface area contributed by atoms with Gasteiger partial charge in [-0.15, -0.1) is 12.4 Å². The minimum absolute atomic E-state index is 0. The van der Waals surface area contributed by atoms with E-state index < -0.39 is 5.60 Å². The highest BCUT2D eigenvalue weighted by atomic mass is 35.5. The zero-order valence-corrected chi connectivity index (χ0v) is 20.4. The molecule has 3 heterocycles. The van der Waals surface area contributed by atoms with Crippen molar-refractivity contribution in [3.8, 4) is 5.75 Å². The third kappa shape index (κ3) is 3.89. The normalized spacial score (nSPS) is 31.9. The van der Waals surface area contributed by atoms with Crippen molar-refractivity contribution in [2.45, 2.75) is 69.1 Å². The van der Waals surface area contributed by atoms with Crippen LogP contribution in [0.5, 0.6) is 5.75 Å². The van der Waals surface area contributed by atoms with E-state index in [-0.39, 0.29) is 23.9 Å². The van der Waals surface area contributed by atoms with Gasteiger partial charge in [-0.05, 0) is 93.3 Å². The van der Waals surface area contributed by atoms with Gasteiger partial charge in [0.2, 0.25) is 0 Å². The van der Waals surface area contributed by atoms with E-state index in [1.54, 1.807) is 0 Å². The molecule has 4 aliphatic rings. The van der Waals surface area contributed by atoms with E-state index in [0.717, 1.165) is 70.9 Å². The number of fused-ring (bicyclic) bond motifs is 1. The van der Waals surface area contributed by atoms with Crippen molar-refractivity contribution in [1.82, 2.24) is 19.6 Å². The fraction of sp³-hybridized carbons (Fsp3) is 0.654. The lowest BCUT2D eigenvalue weighted by atomic mass is 9.52. The number of benzene rings is 1. The molecule has 0 amide bonds. The van der Waals surface area contributed by atoms with Gasteiger partial charge in [0.15, 0.2) is 0 Å². The van der Waals surface area contributed by atoms with Crippen LogP contribution < -0.4 is 0 Å². The molecular weight excluding hydrogens is 436 g/mol. The van der Waals surface area contributed by atoms with E-state index in [1.807, 2.05) is 23.0 Å². The van der Waals surface area contributed by atoms with E-state index in [1.165, 1.54) is 29.5 Å². The minimum atomic E-state index is -0.738. The number of hydrogen-bond acceptors (Lipinski definition) is 5. The second kappa shape index (κ2) is 8.56. The number of piperidine rings is 1. The number of halogens is 1. The van der Waals surface area contributed by atoms with Gasteiger partial charge < -0.3 is 15.1 Å². The fourth-order valence-electron chi connectivity index (χ4n) is 6.97. The van der Waals surface area contributed by atoms with Crippen LogP contribution in [-0.2, 0) is 18.4 Å². The zero-order valence-electron chi connectivity index (χ0n) is 19.6. The molecule has 2 aliphatic carbocycles. The first-order valence-corrected chi connectivity index (χ1v) is 12.5. The Labute approximate surface area is 203 Å². The summed E-state index contributed by atoms with van der Waals surface area (Å²) in [7, 11) is 0. The summed E-state index contributed by atoms with van der Waals surface area (Å²) in [4.78, 5) is 5.14. The average molecular weight is 473 g/mol. The Morgan fingerprint density at radius 2 is 1.88 bits per heavy atom. The molecule has 6 nitrogen and oxygen atoms in total. The van der Waals surface area contributed by atoms with Gasteiger partial charge in [0.1, 0.15) is 5.75 Å². The molecule has 0 spiro atoms. The zero-order chi connectivity index (χ0) is 21.9. The highest BCUT2D eigenvalue weighted by molar-refractivity contribution is 5.85. The number of aliphatic hydroxyl groups is 1. The molecule has 33 heavy (non-hydrogen) atoms. The van der Waals surface area contributed by atoms with Crippen molar-refractivity contribution in [1.29, 1.82) is 0 Å². The van der Waals surface area contributed by atoms with Crippen molar-refractivity contribution in [2.75, 3.05) is 32.7 Å². The van der Waals surface area contributed by atoms with Gasteiger partial charge in [0.05, 0.1) is 18.3 Å². The molecule has 2 bridgehead atoms. The van der Waals surface area contributed by atoms with Crippen LogP contribution in [0.4, 0.5) is 0 Å². The Hall–Kier alpha value is -1.60. The Kier molecular flexibility index (Phi) is 6.01. The van der Waals surface area contributed by atoms with Crippen molar-refractivity contribution in [3.63, 3.8) is 0 Å². The van der Waals surface area contributed by atoms with E-state index in [0.29, 0.717) is 5.75 Å². The third-order valence-corrected chi connectivity index (χ3v) is 8.93. The molecule has 0 radical (unpaired) electrons. The summed E-state index contributed by atoms with van der Waals surface area (Å²) in [5, 5.41) is 27.3. The predicted octanol–water partition coefficient (Wildman–Crippen LogP) is 3.12. The van der Waals surface area contributed by atoms with Gasteiger partial charge in [-0.1, -0.05) is 6.07 Å². The summed E-state index contributed by atoms with van der Waals surface area (Å²) in [6, 6.07) is 6.09. The van der Waals surface area contributed by atoms with Gasteiger partial charge in [0, 0.05) is 37.3 Å². The number of aromatic nitrogens is 2. The molecule has 3 fully saturated rings. The summed E-state index contributed by atoms with van der Waals surface area (Å²) >= 11 is 0. The maximum Gasteiger partial charge on any atom is 0.115 e. The second-order valence-corrected chi connectivity index (χ2v) is 10.9. The van der Waals surface area contributed by atoms with Crippen LogP contribution in [-0.4, -0.2) is 74.2 Å². The first-order chi connectivity index (χ1) is 15.5. The molecule has 2 saturated heterocycles. The molecule has 2 N–H and O–H groups in total. The topological polar surface area (TPSA) is 64.8 Å². The van der Waals surface area contributed by atoms with Gasteiger partial charge in [0.25, 0.3) is 0 Å².